The zero-order valence-corrected chi connectivity index (χ0v) is 12.9. The molecule has 108 valence electrons. The summed E-state index contributed by atoms with van der Waals surface area (Å²) in [6.07, 6.45) is 0.913. The van der Waals surface area contributed by atoms with Crippen molar-refractivity contribution < 1.29 is 9.47 Å². The van der Waals surface area contributed by atoms with Gasteiger partial charge in [-0.15, -0.1) is 0 Å². The van der Waals surface area contributed by atoms with E-state index in [1.165, 1.54) is 11.1 Å². The summed E-state index contributed by atoms with van der Waals surface area (Å²) in [7, 11) is 1.71. The molecule has 0 aliphatic carbocycles. The van der Waals surface area contributed by atoms with Crippen molar-refractivity contribution in [2.45, 2.75) is 46.2 Å². The largest absolute Gasteiger partial charge is 0.493 e. The highest BCUT2D eigenvalue weighted by atomic mass is 16.5. The third-order valence-electron chi connectivity index (χ3n) is 2.78. The summed E-state index contributed by atoms with van der Waals surface area (Å²) in [6.45, 7) is 10.9. The van der Waals surface area contributed by atoms with E-state index in [4.69, 9.17) is 9.47 Å². The van der Waals surface area contributed by atoms with Gasteiger partial charge in [0.25, 0.3) is 0 Å². The van der Waals surface area contributed by atoms with Crippen LogP contribution in [0.25, 0.3) is 0 Å². The summed E-state index contributed by atoms with van der Waals surface area (Å²) in [5.41, 5.74) is 2.58. The molecule has 0 unspecified atom stereocenters. The average molecular weight is 265 g/mol. The molecule has 0 aliphatic heterocycles. The molecule has 1 aromatic rings. The maximum absolute atomic E-state index is 5.84. The zero-order valence-electron chi connectivity index (χ0n) is 12.9. The Balaban J connectivity index is 2.63. The van der Waals surface area contributed by atoms with Gasteiger partial charge in [0, 0.05) is 37.8 Å². The normalized spacial score (nSPS) is 11.6. The molecule has 0 bridgehead atoms. The number of methoxy groups -OCH3 is 1. The van der Waals surface area contributed by atoms with Gasteiger partial charge in [-0.25, -0.2) is 0 Å². The van der Waals surface area contributed by atoms with Crippen molar-refractivity contribution in [3.05, 3.63) is 29.3 Å². The first-order valence-electron chi connectivity index (χ1n) is 6.88. The van der Waals surface area contributed by atoms with Crippen LogP contribution in [0.5, 0.6) is 5.75 Å². The van der Waals surface area contributed by atoms with E-state index in [-0.39, 0.29) is 5.54 Å². The van der Waals surface area contributed by atoms with Crippen LogP contribution < -0.4 is 10.1 Å². The van der Waals surface area contributed by atoms with Gasteiger partial charge in [-0.3, -0.25) is 0 Å². The highest BCUT2D eigenvalue weighted by Crippen LogP contribution is 2.21. The maximum Gasteiger partial charge on any atom is 0.123 e. The lowest BCUT2D eigenvalue weighted by Crippen LogP contribution is -2.35. The molecule has 0 atom stereocenters. The number of ether oxygens (including phenoxy) is 2. The summed E-state index contributed by atoms with van der Waals surface area (Å²) < 4.78 is 10.9. The lowest BCUT2D eigenvalue weighted by molar-refractivity contribution is 0.171. The van der Waals surface area contributed by atoms with Crippen LogP contribution in [0.3, 0.4) is 0 Å². The van der Waals surface area contributed by atoms with E-state index in [9.17, 15) is 0 Å². The van der Waals surface area contributed by atoms with Crippen molar-refractivity contribution in [3.63, 3.8) is 0 Å². The van der Waals surface area contributed by atoms with Gasteiger partial charge in [0.05, 0.1) is 6.61 Å². The van der Waals surface area contributed by atoms with Crippen molar-refractivity contribution in [3.8, 4) is 5.75 Å². The minimum Gasteiger partial charge on any atom is -0.493 e. The fourth-order valence-electron chi connectivity index (χ4n) is 1.73. The molecule has 0 spiro atoms. The maximum atomic E-state index is 5.84. The quantitative estimate of drug-likeness (QED) is 0.767. The minimum absolute atomic E-state index is 0.108. The van der Waals surface area contributed by atoms with Crippen LogP contribution in [-0.2, 0) is 11.3 Å². The van der Waals surface area contributed by atoms with E-state index < -0.39 is 0 Å². The Bertz CT molecular complexity index is 383. The van der Waals surface area contributed by atoms with E-state index in [1.807, 2.05) is 0 Å². The third-order valence-corrected chi connectivity index (χ3v) is 2.78. The summed E-state index contributed by atoms with van der Waals surface area (Å²) in [4.78, 5) is 0. The summed E-state index contributed by atoms with van der Waals surface area (Å²) in [5.74, 6) is 0.971. The van der Waals surface area contributed by atoms with Gasteiger partial charge in [0.1, 0.15) is 5.75 Å². The molecule has 19 heavy (non-hydrogen) atoms. The number of benzene rings is 1. The highest BCUT2D eigenvalue weighted by Gasteiger charge is 2.11. The Hall–Kier alpha value is -1.06. The molecule has 0 amide bonds. The number of rotatable bonds is 7. The van der Waals surface area contributed by atoms with Gasteiger partial charge >= 0.3 is 0 Å². The number of nitrogens with one attached hydrogen (secondary N) is 1. The van der Waals surface area contributed by atoms with Crippen molar-refractivity contribution in [1.82, 2.24) is 5.32 Å². The molecule has 1 rings (SSSR count). The van der Waals surface area contributed by atoms with Crippen LogP contribution in [0, 0.1) is 6.92 Å². The molecule has 0 aliphatic rings. The monoisotopic (exact) mass is 265 g/mol. The van der Waals surface area contributed by atoms with Crippen molar-refractivity contribution in [2.75, 3.05) is 20.3 Å². The van der Waals surface area contributed by atoms with E-state index in [0.717, 1.165) is 25.3 Å². The zero-order chi connectivity index (χ0) is 14.3. The van der Waals surface area contributed by atoms with E-state index in [0.29, 0.717) is 6.61 Å². The lowest BCUT2D eigenvalue weighted by Gasteiger charge is -2.22. The van der Waals surface area contributed by atoms with Gasteiger partial charge in [-0.2, -0.15) is 0 Å². The van der Waals surface area contributed by atoms with Crippen LogP contribution in [0.4, 0.5) is 0 Å². The standard InChI is InChI=1S/C16H27NO2/c1-13-7-8-15(19-10-6-9-18-5)14(11-13)12-17-16(2,3)4/h7-8,11,17H,6,9-10,12H2,1-5H3. The second kappa shape index (κ2) is 7.51. The van der Waals surface area contributed by atoms with Crippen LogP contribution in [0.1, 0.15) is 38.3 Å². The van der Waals surface area contributed by atoms with Crippen LogP contribution >= 0.6 is 0 Å². The first-order chi connectivity index (χ1) is 8.92. The predicted octanol–water partition coefficient (Wildman–Crippen LogP) is 3.30. The first-order valence-corrected chi connectivity index (χ1v) is 6.88. The minimum atomic E-state index is 0.108. The predicted molar refractivity (Wildman–Crippen MR) is 79.8 cm³/mol. The second-order valence-corrected chi connectivity index (χ2v) is 5.91. The van der Waals surface area contributed by atoms with E-state index >= 15 is 0 Å². The number of hydrogen-bond acceptors (Lipinski definition) is 3. The first kappa shape index (κ1) is 16.0. The molecular weight excluding hydrogens is 238 g/mol. The molecule has 3 heteroatoms. The Morgan fingerprint density at radius 3 is 2.53 bits per heavy atom. The van der Waals surface area contributed by atoms with Crippen LogP contribution in [0.15, 0.2) is 18.2 Å². The number of hydrogen-bond donors (Lipinski definition) is 1. The summed E-state index contributed by atoms with van der Waals surface area (Å²) in [5, 5.41) is 3.50. The topological polar surface area (TPSA) is 30.5 Å². The Kier molecular flexibility index (Phi) is 6.32. The molecule has 0 fully saturated rings. The van der Waals surface area contributed by atoms with Crippen molar-refractivity contribution in [2.24, 2.45) is 0 Å². The average Bonchev–Trinajstić information content (AvgIpc) is 2.33. The fraction of sp³-hybridized carbons (Fsp3) is 0.625. The summed E-state index contributed by atoms with van der Waals surface area (Å²) in [6, 6.07) is 6.33. The van der Waals surface area contributed by atoms with Gasteiger partial charge in [-0.05, 0) is 33.8 Å². The van der Waals surface area contributed by atoms with Crippen LogP contribution in [-0.4, -0.2) is 25.9 Å². The SMILES string of the molecule is COCCCOc1ccc(C)cc1CNC(C)(C)C. The Morgan fingerprint density at radius 1 is 1.16 bits per heavy atom. The second-order valence-electron chi connectivity index (χ2n) is 5.91. The Morgan fingerprint density at radius 2 is 1.89 bits per heavy atom. The number of aryl methyl sites for hydroxylation is 1. The fourth-order valence-corrected chi connectivity index (χ4v) is 1.73. The molecule has 0 saturated heterocycles. The van der Waals surface area contributed by atoms with Gasteiger partial charge in [0.15, 0.2) is 0 Å². The van der Waals surface area contributed by atoms with Crippen molar-refractivity contribution in [1.29, 1.82) is 0 Å². The third kappa shape index (κ3) is 6.60. The molecule has 0 saturated carbocycles. The van der Waals surface area contributed by atoms with Gasteiger partial charge in [0.2, 0.25) is 0 Å². The molecule has 1 aromatic carbocycles. The molecule has 3 nitrogen and oxygen atoms in total. The van der Waals surface area contributed by atoms with Gasteiger partial charge in [-0.1, -0.05) is 17.7 Å². The Labute approximate surface area is 117 Å². The van der Waals surface area contributed by atoms with Crippen molar-refractivity contribution >= 4 is 0 Å². The van der Waals surface area contributed by atoms with Gasteiger partial charge < -0.3 is 14.8 Å². The lowest BCUT2D eigenvalue weighted by atomic mass is 10.1. The molecule has 0 aromatic heterocycles. The summed E-state index contributed by atoms with van der Waals surface area (Å²) >= 11 is 0. The molecule has 1 N–H and O–H groups in total. The van der Waals surface area contributed by atoms with E-state index in [1.54, 1.807) is 7.11 Å². The molecule has 0 heterocycles. The smallest absolute Gasteiger partial charge is 0.123 e. The molecule has 0 radical (unpaired) electrons. The molecular formula is C16H27NO2. The van der Waals surface area contributed by atoms with Crippen LogP contribution in [0.2, 0.25) is 0 Å². The highest BCUT2D eigenvalue weighted by molar-refractivity contribution is 5.36. The van der Waals surface area contributed by atoms with E-state index in [2.05, 4.69) is 51.2 Å².